The van der Waals surface area contributed by atoms with Crippen molar-refractivity contribution in [2.24, 2.45) is 9.98 Å². The van der Waals surface area contributed by atoms with Crippen LogP contribution in [0.1, 0.15) is 75.1 Å². The molecule has 1 aliphatic carbocycles. The molecule has 0 radical (unpaired) electrons. The summed E-state index contributed by atoms with van der Waals surface area (Å²) in [4.78, 5) is 56.1. The first-order valence-electron chi connectivity index (χ1n) is 25.1. The van der Waals surface area contributed by atoms with Gasteiger partial charge >= 0.3 is 0 Å². The van der Waals surface area contributed by atoms with E-state index in [1.54, 1.807) is 48.3 Å². The highest BCUT2D eigenvalue weighted by Gasteiger charge is 2.37. The fraction of sp³-hybridized carbons (Fsp3) is 0.386. The molecule has 1 unspecified atom stereocenters. The molecule has 1 fully saturated rings. The van der Waals surface area contributed by atoms with Gasteiger partial charge in [0, 0.05) is 81.0 Å². The smallest absolute Gasteiger partial charge is 0.261 e. The van der Waals surface area contributed by atoms with Crippen LogP contribution in [0.15, 0.2) is 101 Å². The number of ether oxygens (including phenoxy) is 7. The quantitative estimate of drug-likeness (QED) is 0.0440. The highest BCUT2D eigenvalue weighted by atomic mass is 16.5. The molecule has 73 heavy (non-hydrogen) atoms. The van der Waals surface area contributed by atoms with E-state index in [1.165, 1.54) is 7.11 Å². The average Bonchev–Trinajstić information content (AvgIpc) is 3.98. The van der Waals surface area contributed by atoms with Gasteiger partial charge in [-0.15, -0.1) is 0 Å². The van der Waals surface area contributed by atoms with E-state index >= 15 is 0 Å². The Morgan fingerprint density at radius 3 is 2.18 bits per heavy atom. The molecule has 9 rings (SSSR count). The van der Waals surface area contributed by atoms with Crippen molar-refractivity contribution in [3.63, 3.8) is 0 Å². The monoisotopic (exact) mass is 992 g/mol. The number of nitrogens with one attached hydrogen (secondary N) is 1. The second kappa shape index (κ2) is 24.0. The Balaban J connectivity index is 0.986. The Hall–Kier alpha value is -7.27. The van der Waals surface area contributed by atoms with Crippen molar-refractivity contribution >= 4 is 59.1 Å². The third kappa shape index (κ3) is 11.8. The van der Waals surface area contributed by atoms with Crippen molar-refractivity contribution < 1.29 is 47.5 Å². The van der Waals surface area contributed by atoms with E-state index in [9.17, 15) is 14.4 Å². The summed E-state index contributed by atoms with van der Waals surface area (Å²) in [5.74, 6) is 1.27. The lowest BCUT2D eigenvalue weighted by Crippen LogP contribution is -2.39. The molecular formula is C57H64N6O10. The molecule has 1 atom stereocenters. The van der Waals surface area contributed by atoms with Crippen LogP contribution in [-0.4, -0.2) is 117 Å². The summed E-state index contributed by atoms with van der Waals surface area (Å²) < 4.78 is 41.6. The average molecular weight is 993 g/mol. The zero-order valence-corrected chi connectivity index (χ0v) is 41.9. The summed E-state index contributed by atoms with van der Waals surface area (Å²) in [6.07, 6.45) is 7.46. The highest BCUT2D eigenvalue weighted by Crippen LogP contribution is 2.42. The van der Waals surface area contributed by atoms with Crippen LogP contribution in [0.5, 0.6) is 23.0 Å². The van der Waals surface area contributed by atoms with Crippen LogP contribution >= 0.6 is 0 Å². The molecule has 5 aromatic rings. The summed E-state index contributed by atoms with van der Waals surface area (Å²) >= 11 is 0. The molecule has 0 aromatic heterocycles. The number of carbonyl (C=O) groups excluding carboxylic acids is 3. The van der Waals surface area contributed by atoms with E-state index < -0.39 is 0 Å². The second-order valence-electron chi connectivity index (χ2n) is 18.5. The predicted molar refractivity (Wildman–Crippen MR) is 282 cm³/mol. The molecule has 3 amide bonds. The lowest BCUT2D eigenvalue weighted by Gasteiger charge is -2.28. The van der Waals surface area contributed by atoms with Crippen molar-refractivity contribution in [2.75, 3.05) is 88.7 Å². The maximum absolute atomic E-state index is 14.2. The minimum Gasteiger partial charge on any atom is -0.493 e. The lowest BCUT2D eigenvalue weighted by atomic mass is 9.93. The number of rotatable bonds is 25. The Labute approximate surface area is 426 Å². The first-order chi connectivity index (χ1) is 35.7. The van der Waals surface area contributed by atoms with Crippen LogP contribution in [0.2, 0.25) is 0 Å². The molecule has 0 bridgehead atoms. The number of fused-ring (bicyclic) bond motifs is 5. The van der Waals surface area contributed by atoms with E-state index in [2.05, 4.69) is 34.1 Å². The van der Waals surface area contributed by atoms with Crippen LogP contribution in [-0.2, 0) is 45.1 Å². The number of hydrogen-bond acceptors (Lipinski definition) is 13. The standard InChI is InChI=1S/C57H64N6O10/c1-58-47-33-53(51(68-3)31-45(47)56(65)62-20-18-40-11-5-7-15-49(40)62)72-36-38-27-39(29-43(28-38)61(21-22-70-25-26-71-24-23-67-2)19-10-17-55(64)60-42-13-9-14-42)37-73-54-34-48-46(32-52(54)69-4)57(66)63-44(35-59-48)30-41-12-6-8-16-50(41)63/h5-8,11-12,15-16,27-29,31-35,42,44H,1,9-10,13-14,17-26,30,36-37H2,2-4H3,(H,60,64). The van der Waals surface area contributed by atoms with Gasteiger partial charge in [0.15, 0.2) is 23.0 Å². The third-order valence-corrected chi connectivity index (χ3v) is 13.7. The number of aliphatic imine (C=N–C) groups is 2. The van der Waals surface area contributed by atoms with E-state index in [1.807, 2.05) is 60.8 Å². The van der Waals surface area contributed by atoms with Gasteiger partial charge in [-0.2, -0.15) is 0 Å². The van der Waals surface area contributed by atoms with Crippen molar-refractivity contribution in [3.05, 3.63) is 124 Å². The number of amides is 3. The van der Waals surface area contributed by atoms with Crippen LogP contribution in [0.3, 0.4) is 0 Å². The molecule has 4 aliphatic rings. The van der Waals surface area contributed by atoms with Crippen LogP contribution in [0, 0.1) is 0 Å². The molecule has 382 valence electrons. The molecule has 0 saturated heterocycles. The van der Waals surface area contributed by atoms with Crippen molar-refractivity contribution in [3.8, 4) is 23.0 Å². The fourth-order valence-corrected chi connectivity index (χ4v) is 9.71. The molecule has 1 N–H and O–H groups in total. The van der Waals surface area contributed by atoms with Crippen LogP contribution in [0.4, 0.5) is 28.4 Å². The largest absolute Gasteiger partial charge is 0.493 e. The fourth-order valence-electron chi connectivity index (χ4n) is 9.71. The Kier molecular flexibility index (Phi) is 16.6. The van der Waals surface area contributed by atoms with E-state index in [4.69, 9.17) is 38.2 Å². The van der Waals surface area contributed by atoms with Gasteiger partial charge in [0.2, 0.25) is 5.91 Å². The predicted octanol–water partition coefficient (Wildman–Crippen LogP) is 8.62. The van der Waals surface area contributed by atoms with Gasteiger partial charge in [0.25, 0.3) is 11.8 Å². The number of benzene rings is 5. The molecule has 16 heteroatoms. The van der Waals surface area contributed by atoms with Crippen LogP contribution in [0.25, 0.3) is 0 Å². The molecule has 1 saturated carbocycles. The molecule has 3 heterocycles. The highest BCUT2D eigenvalue weighted by molar-refractivity contribution is 6.15. The van der Waals surface area contributed by atoms with Gasteiger partial charge in [-0.3, -0.25) is 29.3 Å². The van der Waals surface area contributed by atoms with Crippen LogP contribution < -0.4 is 39.0 Å². The minimum absolute atomic E-state index is 0.0524. The van der Waals surface area contributed by atoms with Gasteiger partial charge in [-0.05, 0) is 104 Å². The third-order valence-electron chi connectivity index (χ3n) is 13.7. The summed E-state index contributed by atoms with van der Waals surface area (Å²) in [5.41, 5.74) is 8.11. The van der Waals surface area contributed by atoms with E-state index in [0.717, 1.165) is 65.0 Å². The number of methoxy groups -OCH3 is 3. The molecule has 5 aromatic carbocycles. The number of anilines is 3. The first-order valence-corrected chi connectivity index (χ1v) is 25.1. The lowest BCUT2D eigenvalue weighted by molar-refractivity contribution is -0.122. The number of carbonyl (C=O) groups is 3. The van der Waals surface area contributed by atoms with Crippen molar-refractivity contribution in [1.29, 1.82) is 0 Å². The molecule has 16 nitrogen and oxygen atoms in total. The normalized spacial score (nSPS) is 15.4. The number of nitrogens with zero attached hydrogens (tertiary/aromatic N) is 5. The zero-order valence-electron chi connectivity index (χ0n) is 41.9. The summed E-state index contributed by atoms with van der Waals surface area (Å²) in [6, 6.07) is 28.8. The second-order valence-corrected chi connectivity index (χ2v) is 18.5. The van der Waals surface area contributed by atoms with Gasteiger partial charge in [0.05, 0.1) is 75.8 Å². The maximum Gasteiger partial charge on any atom is 0.261 e. The van der Waals surface area contributed by atoms with E-state index in [0.29, 0.717) is 117 Å². The van der Waals surface area contributed by atoms with E-state index in [-0.39, 0.29) is 43.0 Å². The summed E-state index contributed by atoms with van der Waals surface area (Å²) in [5, 5.41) is 3.17. The first kappa shape index (κ1) is 50.7. The zero-order chi connectivity index (χ0) is 50.7. The minimum atomic E-state index is -0.205. The number of para-hydroxylation sites is 2. The molecule has 3 aliphatic heterocycles. The van der Waals surface area contributed by atoms with Crippen molar-refractivity contribution in [1.82, 2.24) is 5.32 Å². The van der Waals surface area contributed by atoms with Gasteiger partial charge in [0.1, 0.15) is 13.2 Å². The van der Waals surface area contributed by atoms with Gasteiger partial charge in [-0.25, -0.2) is 0 Å². The summed E-state index contributed by atoms with van der Waals surface area (Å²) in [6.45, 7) is 7.93. The maximum atomic E-state index is 14.2. The Morgan fingerprint density at radius 1 is 0.781 bits per heavy atom. The molecular weight excluding hydrogens is 929 g/mol. The SMILES string of the molecule is C=Nc1cc(OCc2cc(COc3cc4c(cc3OC)C(=O)N3c5ccccc5CC3C=N4)cc(N(CCCC(=O)NC3CCC3)CCOCCOCCOC)c2)c(OC)cc1C(=O)N1CCc2ccccc21. The number of hydrogen-bond donors (Lipinski definition) is 1. The topological polar surface area (TPSA) is 162 Å². The van der Waals surface area contributed by atoms with Crippen molar-refractivity contribution in [2.45, 2.75) is 70.2 Å². The Morgan fingerprint density at radius 2 is 1.47 bits per heavy atom. The molecule has 0 spiro atoms. The summed E-state index contributed by atoms with van der Waals surface area (Å²) in [7, 11) is 4.73. The Bertz CT molecular complexity index is 2830. The van der Waals surface area contributed by atoms with Gasteiger partial charge in [-0.1, -0.05) is 36.4 Å². The van der Waals surface area contributed by atoms with Gasteiger partial charge < -0.3 is 48.3 Å².